The maximum absolute atomic E-state index is 13.1. The molecule has 0 aliphatic heterocycles. The molecular formula is C14H11F3N6O2. The highest BCUT2D eigenvalue weighted by atomic mass is 19.4. The molecule has 3 aromatic rings. The van der Waals surface area contributed by atoms with Gasteiger partial charge in [0.15, 0.2) is 11.4 Å². The molecule has 25 heavy (non-hydrogen) atoms. The zero-order valence-corrected chi connectivity index (χ0v) is 12.8. The molecule has 0 amide bonds. The molecule has 3 aromatic heterocycles. The lowest BCUT2D eigenvalue weighted by molar-refractivity contribution is -0.141. The molecule has 0 aliphatic rings. The van der Waals surface area contributed by atoms with E-state index in [0.29, 0.717) is 12.1 Å². The summed E-state index contributed by atoms with van der Waals surface area (Å²) >= 11 is 0. The second-order valence-electron chi connectivity index (χ2n) is 4.97. The van der Waals surface area contributed by atoms with Gasteiger partial charge in [-0.3, -0.25) is 4.68 Å². The Labute approximate surface area is 138 Å². The molecule has 3 rings (SSSR count). The summed E-state index contributed by atoms with van der Waals surface area (Å²) in [5.41, 5.74) is -1.11. The molecule has 8 nitrogen and oxygen atoms in total. The van der Waals surface area contributed by atoms with Crippen molar-refractivity contribution in [3.8, 4) is 17.2 Å². The van der Waals surface area contributed by atoms with E-state index in [0.717, 1.165) is 16.8 Å². The van der Waals surface area contributed by atoms with Gasteiger partial charge in [0, 0.05) is 24.5 Å². The van der Waals surface area contributed by atoms with Gasteiger partial charge in [0.2, 0.25) is 0 Å². The monoisotopic (exact) mass is 352 g/mol. The number of hydrogen-bond donors (Lipinski definition) is 1. The van der Waals surface area contributed by atoms with Crippen LogP contribution in [-0.2, 0) is 12.7 Å². The number of carboxylic acids is 1. The first-order valence-corrected chi connectivity index (χ1v) is 7.06. The Morgan fingerprint density at radius 1 is 1.32 bits per heavy atom. The molecule has 3 heterocycles. The van der Waals surface area contributed by atoms with Crippen LogP contribution in [-0.4, -0.2) is 40.6 Å². The Morgan fingerprint density at radius 2 is 2.08 bits per heavy atom. The van der Waals surface area contributed by atoms with E-state index in [1.807, 2.05) is 6.92 Å². The van der Waals surface area contributed by atoms with E-state index in [1.54, 1.807) is 10.9 Å². The number of aryl methyl sites for hydroxylation is 1. The molecule has 0 atom stereocenters. The van der Waals surface area contributed by atoms with Crippen LogP contribution >= 0.6 is 0 Å². The Hall–Kier alpha value is -3.24. The van der Waals surface area contributed by atoms with Crippen molar-refractivity contribution < 1.29 is 23.1 Å². The molecule has 0 bridgehead atoms. The summed E-state index contributed by atoms with van der Waals surface area (Å²) in [6, 6.07) is 1.95. The van der Waals surface area contributed by atoms with Crippen LogP contribution in [0.2, 0.25) is 0 Å². The van der Waals surface area contributed by atoms with E-state index >= 15 is 0 Å². The molecule has 0 saturated heterocycles. The fourth-order valence-electron chi connectivity index (χ4n) is 2.05. The van der Waals surface area contributed by atoms with Crippen LogP contribution in [0.25, 0.3) is 17.2 Å². The quantitative estimate of drug-likeness (QED) is 0.773. The molecular weight excluding hydrogens is 341 g/mol. The van der Waals surface area contributed by atoms with Gasteiger partial charge in [0.1, 0.15) is 0 Å². The minimum absolute atomic E-state index is 0.00407. The third-order valence-electron chi connectivity index (χ3n) is 3.27. The standard InChI is InChI=1S/C14H11F3N6O2/c1-2-22-7-8(6-18-22)10-5-11(14(15,16)17)20-13(19-10)23-4-3-9(21-23)12(24)25/h3-7H,2H2,1H3,(H,24,25). The zero-order valence-electron chi connectivity index (χ0n) is 12.8. The fraction of sp³-hybridized carbons (Fsp3) is 0.214. The van der Waals surface area contributed by atoms with Crippen molar-refractivity contribution in [2.75, 3.05) is 0 Å². The molecule has 1 N–H and O–H groups in total. The number of halogens is 3. The van der Waals surface area contributed by atoms with Crippen LogP contribution in [0.1, 0.15) is 23.1 Å². The minimum Gasteiger partial charge on any atom is -0.476 e. The van der Waals surface area contributed by atoms with Crippen LogP contribution < -0.4 is 0 Å². The van der Waals surface area contributed by atoms with Crippen molar-refractivity contribution in [3.05, 3.63) is 42.1 Å². The number of aromatic nitrogens is 6. The average molecular weight is 352 g/mol. The van der Waals surface area contributed by atoms with Crippen LogP contribution in [0, 0.1) is 0 Å². The summed E-state index contributed by atoms with van der Waals surface area (Å²) in [6.45, 7) is 2.38. The topological polar surface area (TPSA) is 98.7 Å². The summed E-state index contributed by atoms with van der Waals surface area (Å²) in [5.74, 6) is -1.70. The molecule has 0 aliphatic carbocycles. The van der Waals surface area contributed by atoms with Crippen LogP contribution in [0.5, 0.6) is 0 Å². The van der Waals surface area contributed by atoms with E-state index in [2.05, 4.69) is 20.2 Å². The number of carbonyl (C=O) groups is 1. The summed E-state index contributed by atoms with van der Waals surface area (Å²) in [7, 11) is 0. The van der Waals surface area contributed by atoms with Crippen molar-refractivity contribution in [2.24, 2.45) is 0 Å². The van der Waals surface area contributed by atoms with Gasteiger partial charge in [-0.2, -0.15) is 23.4 Å². The Kier molecular flexibility index (Phi) is 3.99. The number of nitrogens with zero attached hydrogens (tertiary/aromatic N) is 6. The van der Waals surface area contributed by atoms with Crippen LogP contribution in [0.15, 0.2) is 30.7 Å². The molecule has 0 radical (unpaired) electrons. The summed E-state index contributed by atoms with van der Waals surface area (Å²) in [4.78, 5) is 18.4. The predicted molar refractivity (Wildman–Crippen MR) is 78.0 cm³/mol. The normalized spacial score (nSPS) is 11.7. The van der Waals surface area contributed by atoms with Crippen molar-refractivity contribution in [2.45, 2.75) is 19.6 Å². The molecule has 0 fully saturated rings. The van der Waals surface area contributed by atoms with E-state index in [-0.39, 0.29) is 17.3 Å². The first kappa shape index (κ1) is 16.6. The Morgan fingerprint density at radius 3 is 2.64 bits per heavy atom. The lowest BCUT2D eigenvalue weighted by atomic mass is 10.2. The van der Waals surface area contributed by atoms with Crippen molar-refractivity contribution in [1.82, 2.24) is 29.5 Å². The highest BCUT2D eigenvalue weighted by molar-refractivity contribution is 5.85. The molecule has 11 heteroatoms. The molecule has 0 unspecified atom stereocenters. The average Bonchev–Trinajstić information content (AvgIpc) is 3.23. The van der Waals surface area contributed by atoms with Gasteiger partial charge in [-0.1, -0.05) is 0 Å². The lowest BCUT2D eigenvalue weighted by Gasteiger charge is -2.09. The number of hydrogen-bond acceptors (Lipinski definition) is 5. The van der Waals surface area contributed by atoms with E-state index in [9.17, 15) is 18.0 Å². The number of aromatic carboxylic acids is 1. The highest BCUT2D eigenvalue weighted by Crippen LogP contribution is 2.30. The largest absolute Gasteiger partial charge is 0.476 e. The van der Waals surface area contributed by atoms with Gasteiger partial charge >= 0.3 is 12.1 Å². The van der Waals surface area contributed by atoms with Crippen LogP contribution in [0.3, 0.4) is 0 Å². The highest BCUT2D eigenvalue weighted by Gasteiger charge is 2.34. The number of carboxylic acid groups (broad SMARTS) is 1. The van der Waals surface area contributed by atoms with Crippen molar-refractivity contribution in [3.63, 3.8) is 0 Å². The SMILES string of the molecule is CCn1cc(-c2cc(C(F)(F)F)nc(-n3ccc(C(=O)O)n3)n2)cn1. The second-order valence-corrected chi connectivity index (χ2v) is 4.97. The first-order valence-electron chi connectivity index (χ1n) is 7.06. The minimum atomic E-state index is -4.70. The zero-order chi connectivity index (χ0) is 18.2. The van der Waals surface area contributed by atoms with Gasteiger partial charge in [0.05, 0.1) is 11.9 Å². The Bertz CT molecular complexity index is 931. The maximum atomic E-state index is 13.1. The predicted octanol–water partition coefficient (Wildman–Crippen LogP) is 2.26. The van der Waals surface area contributed by atoms with Gasteiger partial charge in [-0.05, 0) is 19.1 Å². The van der Waals surface area contributed by atoms with Gasteiger partial charge in [-0.25, -0.2) is 19.4 Å². The third-order valence-corrected chi connectivity index (χ3v) is 3.27. The number of rotatable bonds is 4. The van der Waals surface area contributed by atoms with Gasteiger partial charge < -0.3 is 5.11 Å². The van der Waals surface area contributed by atoms with Gasteiger partial charge in [-0.15, -0.1) is 0 Å². The maximum Gasteiger partial charge on any atom is 0.433 e. The lowest BCUT2D eigenvalue weighted by Crippen LogP contribution is -2.13. The summed E-state index contributed by atoms with van der Waals surface area (Å²) < 4.78 is 41.9. The van der Waals surface area contributed by atoms with E-state index in [1.165, 1.54) is 12.4 Å². The van der Waals surface area contributed by atoms with Crippen LogP contribution in [0.4, 0.5) is 13.2 Å². The third kappa shape index (κ3) is 3.34. The summed E-state index contributed by atoms with van der Waals surface area (Å²) in [5, 5.41) is 16.6. The van der Waals surface area contributed by atoms with E-state index in [4.69, 9.17) is 5.11 Å². The fourth-order valence-corrected chi connectivity index (χ4v) is 2.05. The van der Waals surface area contributed by atoms with Crippen molar-refractivity contribution >= 4 is 5.97 Å². The molecule has 0 aromatic carbocycles. The van der Waals surface area contributed by atoms with Gasteiger partial charge in [0.25, 0.3) is 5.95 Å². The van der Waals surface area contributed by atoms with E-state index < -0.39 is 17.8 Å². The molecule has 130 valence electrons. The van der Waals surface area contributed by atoms with Crippen molar-refractivity contribution in [1.29, 1.82) is 0 Å². The smallest absolute Gasteiger partial charge is 0.433 e. The first-order chi connectivity index (χ1) is 11.8. The summed E-state index contributed by atoms with van der Waals surface area (Å²) in [6.07, 6.45) is -0.576. The number of alkyl halides is 3. The Balaban J connectivity index is 2.14. The molecule has 0 spiro atoms. The second kappa shape index (κ2) is 6.00. The molecule has 0 saturated carbocycles.